The molecule has 0 unspecified atom stereocenters. The van der Waals surface area contributed by atoms with Gasteiger partial charge in [0, 0.05) is 54.6 Å². The SMILES string of the molecule is CN(C)CCOc1cc(F)cc(-c2cccc3[nH]c(-c4n[nH]c5ccc(-c6cncc(CNCc7ccccc7)c6)nc45)cc23)c1. The number of hydrogen-bond acceptors (Lipinski definition) is 6. The number of nitrogens with one attached hydrogen (secondary N) is 3. The van der Waals surface area contributed by atoms with E-state index in [1.165, 1.54) is 17.7 Å². The number of ether oxygens (including phenoxy) is 1. The molecule has 0 aliphatic heterocycles. The number of halogens is 1. The van der Waals surface area contributed by atoms with Crippen LogP contribution in [-0.4, -0.2) is 57.3 Å². The molecule has 0 aliphatic rings. The van der Waals surface area contributed by atoms with Crippen molar-refractivity contribution in [2.75, 3.05) is 27.2 Å². The molecule has 0 bridgehead atoms. The van der Waals surface area contributed by atoms with Crippen LogP contribution in [0, 0.1) is 5.82 Å². The van der Waals surface area contributed by atoms with Crippen LogP contribution in [0.2, 0.25) is 0 Å². The van der Waals surface area contributed by atoms with Crippen LogP contribution in [0.1, 0.15) is 11.1 Å². The molecule has 0 saturated heterocycles. The van der Waals surface area contributed by atoms with E-state index in [-0.39, 0.29) is 5.82 Å². The number of pyridine rings is 2. The van der Waals surface area contributed by atoms with Crippen molar-refractivity contribution in [3.05, 3.63) is 120 Å². The van der Waals surface area contributed by atoms with Gasteiger partial charge < -0.3 is 19.9 Å². The molecule has 230 valence electrons. The summed E-state index contributed by atoms with van der Waals surface area (Å²) in [6.07, 6.45) is 3.71. The Morgan fingerprint density at radius 1 is 0.826 bits per heavy atom. The zero-order chi connectivity index (χ0) is 31.5. The van der Waals surface area contributed by atoms with Gasteiger partial charge in [0.25, 0.3) is 0 Å². The Kier molecular flexibility index (Phi) is 8.24. The second-order valence-corrected chi connectivity index (χ2v) is 11.6. The molecular weight excluding hydrogens is 577 g/mol. The maximum Gasteiger partial charge on any atom is 0.135 e. The minimum Gasteiger partial charge on any atom is -0.492 e. The summed E-state index contributed by atoms with van der Waals surface area (Å²) in [6.45, 7) is 2.69. The van der Waals surface area contributed by atoms with E-state index in [4.69, 9.17) is 9.72 Å². The molecule has 4 aromatic heterocycles. The number of benzene rings is 3. The van der Waals surface area contributed by atoms with E-state index in [9.17, 15) is 4.39 Å². The number of hydrogen-bond donors (Lipinski definition) is 3. The smallest absolute Gasteiger partial charge is 0.135 e. The van der Waals surface area contributed by atoms with E-state index in [0.717, 1.165) is 68.7 Å². The highest BCUT2D eigenvalue weighted by Crippen LogP contribution is 2.35. The Balaban J connectivity index is 1.17. The predicted molar refractivity (Wildman–Crippen MR) is 181 cm³/mol. The molecule has 46 heavy (non-hydrogen) atoms. The second kappa shape index (κ2) is 12.9. The molecule has 0 amide bonds. The largest absolute Gasteiger partial charge is 0.492 e. The molecule has 4 heterocycles. The van der Waals surface area contributed by atoms with Crippen LogP contribution in [0.5, 0.6) is 5.75 Å². The van der Waals surface area contributed by atoms with Crippen LogP contribution in [-0.2, 0) is 13.1 Å². The molecule has 0 saturated carbocycles. The summed E-state index contributed by atoms with van der Waals surface area (Å²) < 4.78 is 20.6. The van der Waals surface area contributed by atoms with Gasteiger partial charge in [-0.25, -0.2) is 9.37 Å². The number of aromatic nitrogens is 5. The first-order valence-corrected chi connectivity index (χ1v) is 15.2. The normalized spacial score (nSPS) is 11.6. The first-order chi connectivity index (χ1) is 22.5. The molecule has 0 spiro atoms. The summed E-state index contributed by atoms with van der Waals surface area (Å²) in [5.41, 5.74) is 9.72. The molecule has 0 radical (unpaired) electrons. The fourth-order valence-corrected chi connectivity index (χ4v) is 5.60. The van der Waals surface area contributed by atoms with E-state index < -0.39 is 0 Å². The van der Waals surface area contributed by atoms with Gasteiger partial charge in [-0.15, -0.1) is 0 Å². The zero-order valence-electron chi connectivity index (χ0n) is 25.7. The lowest BCUT2D eigenvalue weighted by Crippen LogP contribution is -2.19. The Morgan fingerprint density at radius 2 is 1.70 bits per heavy atom. The molecule has 0 fully saturated rings. The van der Waals surface area contributed by atoms with E-state index in [2.05, 4.69) is 43.7 Å². The minimum absolute atomic E-state index is 0.342. The van der Waals surface area contributed by atoms with Crippen LogP contribution in [0.4, 0.5) is 4.39 Å². The minimum atomic E-state index is -0.342. The van der Waals surface area contributed by atoms with Gasteiger partial charge in [-0.2, -0.15) is 5.10 Å². The number of rotatable bonds is 11. The lowest BCUT2D eigenvalue weighted by Gasteiger charge is -2.12. The Labute approximate surface area is 266 Å². The first-order valence-electron chi connectivity index (χ1n) is 15.2. The lowest BCUT2D eigenvalue weighted by molar-refractivity contribution is 0.260. The molecule has 3 aromatic carbocycles. The van der Waals surface area contributed by atoms with Gasteiger partial charge in [-0.05, 0) is 78.8 Å². The van der Waals surface area contributed by atoms with Crippen molar-refractivity contribution in [2.45, 2.75) is 13.1 Å². The van der Waals surface area contributed by atoms with Gasteiger partial charge in [0.15, 0.2) is 0 Å². The van der Waals surface area contributed by atoms with E-state index in [1.807, 2.05) is 92.1 Å². The molecule has 9 heteroatoms. The number of nitrogens with zero attached hydrogens (tertiary/aromatic N) is 4. The van der Waals surface area contributed by atoms with Crippen molar-refractivity contribution in [1.82, 2.24) is 35.4 Å². The van der Waals surface area contributed by atoms with Crippen molar-refractivity contribution in [2.24, 2.45) is 0 Å². The number of aromatic amines is 2. The van der Waals surface area contributed by atoms with Crippen molar-refractivity contribution in [1.29, 1.82) is 0 Å². The number of fused-ring (bicyclic) bond motifs is 2. The topological polar surface area (TPSA) is 94.8 Å². The summed E-state index contributed by atoms with van der Waals surface area (Å²) in [7, 11) is 3.95. The van der Waals surface area contributed by atoms with Gasteiger partial charge in [-0.1, -0.05) is 42.5 Å². The quantitative estimate of drug-likeness (QED) is 0.143. The second-order valence-electron chi connectivity index (χ2n) is 11.6. The average molecular weight is 612 g/mol. The zero-order valence-corrected chi connectivity index (χ0v) is 25.7. The maximum atomic E-state index is 14.7. The fourth-order valence-electron chi connectivity index (χ4n) is 5.60. The Morgan fingerprint density at radius 3 is 2.57 bits per heavy atom. The fraction of sp³-hybridized carbons (Fsp3) is 0.162. The number of likely N-dealkylation sites (N-methyl/N-ethyl adjacent to an activating group) is 1. The molecule has 7 aromatic rings. The highest BCUT2D eigenvalue weighted by Gasteiger charge is 2.16. The van der Waals surface area contributed by atoms with Gasteiger partial charge in [-0.3, -0.25) is 10.1 Å². The van der Waals surface area contributed by atoms with Crippen LogP contribution in [0.3, 0.4) is 0 Å². The van der Waals surface area contributed by atoms with Crippen LogP contribution in [0.15, 0.2) is 103 Å². The van der Waals surface area contributed by atoms with Crippen molar-refractivity contribution in [3.63, 3.8) is 0 Å². The van der Waals surface area contributed by atoms with Gasteiger partial charge in [0.05, 0.1) is 16.9 Å². The third-order valence-electron chi connectivity index (χ3n) is 7.91. The van der Waals surface area contributed by atoms with Crippen LogP contribution < -0.4 is 10.1 Å². The summed E-state index contributed by atoms with van der Waals surface area (Å²) in [4.78, 5) is 15.0. The summed E-state index contributed by atoms with van der Waals surface area (Å²) in [6, 6.07) is 29.3. The highest BCUT2D eigenvalue weighted by molar-refractivity contribution is 6.00. The molecule has 3 N–H and O–H groups in total. The average Bonchev–Trinajstić information content (AvgIpc) is 3.69. The van der Waals surface area contributed by atoms with Crippen LogP contribution in [0.25, 0.3) is 55.7 Å². The van der Waals surface area contributed by atoms with Crippen LogP contribution >= 0.6 is 0 Å². The molecule has 8 nitrogen and oxygen atoms in total. The lowest BCUT2D eigenvalue weighted by atomic mass is 10.0. The highest BCUT2D eigenvalue weighted by atomic mass is 19.1. The Bertz CT molecular complexity index is 2120. The Hall–Kier alpha value is -5.38. The predicted octanol–water partition coefficient (Wildman–Crippen LogP) is 7.20. The van der Waals surface area contributed by atoms with Gasteiger partial charge >= 0.3 is 0 Å². The summed E-state index contributed by atoms with van der Waals surface area (Å²) >= 11 is 0. The van der Waals surface area contributed by atoms with Gasteiger partial charge in [0.1, 0.15) is 29.4 Å². The molecule has 7 rings (SSSR count). The summed E-state index contributed by atoms with van der Waals surface area (Å²) in [5, 5.41) is 12.2. The third kappa shape index (κ3) is 6.37. The number of H-pyrrole nitrogens is 2. The molecule has 0 aliphatic carbocycles. The van der Waals surface area contributed by atoms with Gasteiger partial charge in [0.2, 0.25) is 0 Å². The van der Waals surface area contributed by atoms with E-state index >= 15 is 0 Å². The van der Waals surface area contributed by atoms with E-state index in [1.54, 1.807) is 0 Å². The van der Waals surface area contributed by atoms with E-state index in [0.29, 0.717) is 24.6 Å². The van der Waals surface area contributed by atoms with Crippen molar-refractivity contribution >= 4 is 21.9 Å². The standard InChI is InChI=1S/C37H34FN7O/c1-45(2)13-14-46-29-17-26(16-28(38)18-29)30-9-6-10-33-31(30)19-35(41-33)37-36-34(43-44-37)12-11-32(42-36)27-15-25(22-40-23-27)21-39-20-24-7-4-3-5-8-24/h3-12,15-19,22-23,39,41H,13-14,20-21H2,1-2H3,(H,43,44). The maximum absolute atomic E-state index is 14.7. The molecular formula is C37H34FN7O. The first kappa shape index (κ1) is 29.3. The van der Waals surface area contributed by atoms with Crippen molar-refractivity contribution in [3.8, 4) is 39.5 Å². The third-order valence-corrected chi connectivity index (χ3v) is 7.91. The molecule has 0 atom stereocenters. The monoisotopic (exact) mass is 611 g/mol. The van der Waals surface area contributed by atoms with Crippen molar-refractivity contribution < 1.29 is 9.13 Å². The summed E-state index contributed by atoms with van der Waals surface area (Å²) in [5.74, 6) is 0.163.